The summed E-state index contributed by atoms with van der Waals surface area (Å²) in [5.74, 6) is 0.992. The normalized spacial score (nSPS) is 16.0. The fourth-order valence-electron chi connectivity index (χ4n) is 7.12. The molecule has 1 aliphatic carbocycles. The standard InChI is InChI=1S/C41H36N2/c1-3-28(2)24-29-12-10-14-32(25-29)42-40-21-9-6-18-36(40)37-27-31(22-23-41(37)42)30-13-11-15-33(26-30)43-38-19-7-4-16-34(38)35-17-5-8-20-39(35)43/h4-12,14-23,25-28,30H,3,13,24H2,1-2H3. The molecule has 7 aromatic rings. The second-order valence-corrected chi connectivity index (χ2v) is 12.2. The average molecular weight is 557 g/mol. The topological polar surface area (TPSA) is 9.86 Å². The highest BCUT2D eigenvalue weighted by Gasteiger charge is 2.19. The van der Waals surface area contributed by atoms with Crippen LogP contribution in [-0.2, 0) is 6.42 Å². The van der Waals surface area contributed by atoms with Gasteiger partial charge in [-0.25, -0.2) is 0 Å². The van der Waals surface area contributed by atoms with Gasteiger partial charge in [0.05, 0.1) is 22.1 Å². The molecule has 2 aromatic heterocycles. The lowest BCUT2D eigenvalue weighted by atomic mass is 9.90. The van der Waals surface area contributed by atoms with Gasteiger partial charge in [0.1, 0.15) is 0 Å². The lowest BCUT2D eigenvalue weighted by Gasteiger charge is -2.20. The van der Waals surface area contributed by atoms with E-state index in [0.717, 1.165) is 12.8 Å². The summed E-state index contributed by atoms with van der Waals surface area (Å²) in [5.41, 5.74) is 10.3. The third kappa shape index (κ3) is 4.32. The molecule has 1 aliphatic rings. The van der Waals surface area contributed by atoms with E-state index in [4.69, 9.17) is 0 Å². The molecular formula is C41H36N2. The Bertz CT molecular complexity index is 2150. The monoisotopic (exact) mass is 556 g/mol. The van der Waals surface area contributed by atoms with E-state index < -0.39 is 0 Å². The summed E-state index contributed by atoms with van der Waals surface area (Å²) >= 11 is 0. The van der Waals surface area contributed by atoms with Crippen molar-refractivity contribution in [3.8, 4) is 5.69 Å². The number of aromatic nitrogens is 2. The molecule has 210 valence electrons. The first-order valence-corrected chi connectivity index (χ1v) is 15.7. The summed E-state index contributed by atoms with van der Waals surface area (Å²) in [7, 11) is 0. The molecule has 2 unspecified atom stereocenters. The number of allylic oxidation sites excluding steroid dienone is 4. The van der Waals surface area contributed by atoms with E-state index in [1.54, 1.807) is 0 Å². The lowest BCUT2D eigenvalue weighted by molar-refractivity contribution is 0.560. The van der Waals surface area contributed by atoms with Gasteiger partial charge in [-0.15, -0.1) is 0 Å². The Labute approximate surface area is 253 Å². The van der Waals surface area contributed by atoms with Gasteiger partial charge < -0.3 is 9.13 Å². The van der Waals surface area contributed by atoms with Crippen molar-refractivity contribution in [2.75, 3.05) is 0 Å². The molecule has 2 heteroatoms. The minimum atomic E-state index is 0.310. The van der Waals surface area contributed by atoms with Crippen molar-refractivity contribution in [2.24, 2.45) is 5.92 Å². The number of rotatable bonds is 6. The van der Waals surface area contributed by atoms with Crippen LogP contribution >= 0.6 is 0 Å². The van der Waals surface area contributed by atoms with Crippen molar-refractivity contribution in [1.82, 2.24) is 9.13 Å². The first-order chi connectivity index (χ1) is 21.2. The molecule has 5 aromatic carbocycles. The third-order valence-corrected chi connectivity index (χ3v) is 9.46. The SMILES string of the molecule is CCC(C)Cc1cccc(-n2c3ccccc3c3cc(C4C=C(n5c6ccccc6c6ccccc65)C=CC4)ccc32)c1. The number of fused-ring (bicyclic) bond motifs is 6. The molecule has 0 aliphatic heterocycles. The van der Waals surface area contributed by atoms with Gasteiger partial charge in [-0.3, -0.25) is 0 Å². The van der Waals surface area contributed by atoms with Gasteiger partial charge in [-0.1, -0.05) is 105 Å². The maximum Gasteiger partial charge on any atom is 0.0541 e. The van der Waals surface area contributed by atoms with Gasteiger partial charge in [-0.05, 0) is 78.4 Å². The molecule has 0 fully saturated rings. The van der Waals surface area contributed by atoms with Crippen molar-refractivity contribution in [3.05, 3.63) is 145 Å². The average Bonchev–Trinajstić information content (AvgIpc) is 3.57. The molecule has 0 N–H and O–H groups in total. The highest BCUT2D eigenvalue weighted by molar-refractivity contribution is 6.11. The van der Waals surface area contributed by atoms with Crippen LogP contribution in [0.5, 0.6) is 0 Å². The van der Waals surface area contributed by atoms with E-state index in [9.17, 15) is 0 Å². The number of para-hydroxylation sites is 3. The van der Waals surface area contributed by atoms with E-state index >= 15 is 0 Å². The molecular weight excluding hydrogens is 520 g/mol. The van der Waals surface area contributed by atoms with Gasteiger partial charge in [-0.2, -0.15) is 0 Å². The van der Waals surface area contributed by atoms with Crippen LogP contribution in [0.15, 0.2) is 133 Å². The zero-order valence-electron chi connectivity index (χ0n) is 24.9. The van der Waals surface area contributed by atoms with Crippen LogP contribution in [-0.4, -0.2) is 9.13 Å². The predicted molar refractivity (Wildman–Crippen MR) is 184 cm³/mol. The van der Waals surface area contributed by atoms with Crippen molar-refractivity contribution in [1.29, 1.82) is 0 Å². The minimum absolute atomic E-state index is 0.310. The Kier molecular flexibility index (Phi) is 6.30. The Morgan fingerprint density at radius 3 is 1.98 bits per heavy atom. The van der Waals surface area contributed by atoms with E-state index in [2.05, 4.69) is 156 Å². The van der Waals surface area contributed by atoms with Crippen LogP contribution < -0.4 is 0 Å². The fourth-order valence-corrected chi connectivity index (χ4v) is 7.12. The van der Waals surface area contributed by atoms with Gasteiger partial charge in [0.15, 0.2) is 0 Å². The third-order valence-electron chi connectivity index (χ3n) is 9.46. The lowest BCUT2D eigenvalue weighted by Crippen LogP contribution is -2.04. The Morgan fingerprint density at radius 2 is 1.28 bits per heavy atom. The Morgan fingerprint density at radius 1 is 0.651 bits per heavy atom. The number of hydrogen-bond donors (Lipinski definition) is 0. The van der Waals surface area contributed by atoms with Crippen LogP contribution in [0.4, 0.5) is 0 Å². The molecule has 2 heterocycles. The number of benzene rings is 5. The molecule has 0 radical (unpaired) electrons. The van der Waals surface area contributed by atoms with Crippen LogP contribution in [0.1, 0.15) is 43.7 Å². The quantitative estimate of drug-likeness (QED) is 0.193. The zero-order valence-corrected chi connectivity index (χ0v) is 24.9. The molecule has 43 heavy (non-hydrogen) atoms. The molecule has 0 bridgehead atoms. The van der Waals surface area contributed by atoms with Crippen LogP contribution in [0, 0.1) is 5.92 Å². The summed E-state index contributed by atoms with van der Waals surface area (Å²) < 4.78 is 4.89. The summed E-state index contributed by atoms with van der Waals surface area (Å²) in [6, 6.07) is 42.7. The van der Waals surface area contributed by atoms with Crippen LogP contribution in [0.25, 0.3) is 55.0 Å². The first kappa shape index (κ1) is 25.9. The summed E-state index contributed by atoms with van der Waals surface area (Å²) in [5, 5.41) is 5.24. The maximum absolute atomic E-state index is 2.47. The molecule has 2 atom stereocenters. The van der Waals surface area contributed by atoms with Crippen molar-refractivity contribution < 1.29 is 0 Å². The van der Waals surface area contributed by atoms with E-state index in [-0.39, 0.29) is 0 Å². The second kappa shape index (κ2) is 10.5. The van der Waals surface area contributed by atoms with Gasteiger partial charge in [0.25, 0.3) is 0 Å². The molecule has 0 amide bonds. The van der Waals surface area contributed by atoms with Gasteiger partial charge in [0, 0.05) is 38.8 Å². The number of hydrogen-bond acceptors (Lipinski definition) is 0. The predicted octanol–water partition coefficient (Wildman–Crippen LogP) is 11.1. The van der Waals surface area contributed by atoms with Crippen LogP contribution in [0.3, 0.4) is 0 Å². The molecule has 0 saturated carbocycles. The van der Waals surface area contributed by atoms with E-state index in [1.165, 1.54) is 72.5 Å². The summed E-state index contributed by atoms with van der Waals surface area (Å²) in [6.07, 6.45) is 10.4. The van der Waals surface area contributed by atoms with Crippen molar-refractivity contribution in [2.45, 2.75) is 39.0 Å². The molecule has 0 saturated heterocycles. The highest BCUT2D eigenvalue weighted by Crippen LogP contribution is 2.39. The fraction of sp³-hybridized carbons (Fsp3) is 0.171. The number of nitrogens with zero attached hydrogens (tertiary/aromatic N) is 2. The molecule has 0 spiro atoms. The van der Waals surface area contributed by atoms with Crippen molar-refractivity contribution >= 4 is 49.3 Å². The maximum atomic E-state index is 2.47. The summed E-state index contributed by atoms with van der Waals surface area (Å²) in [6.45, 7) is 4.62. The highest BCUT2D eigenvalue weighted by atomic mass is 15.0. The Balaban J connectivity index is 1.25. The van der Waals surface area contributed by atoms with E-state index in [1.807, 2.05) is 0 Å². The van der Waals surface area contributed by atoms with Gasteiger partial charge >= 0.3 is 0 Å². The van der Waals surface area contributed by atoms with Crippen molar-refractivity contribution in [3.63, 3.8) is 0 Å². The Hall–Kier alpha value is -4.82. The summed E-state index contributed by atoms with van der Waals surface area (Å²) in [4.78, 5) is 0. The van der Waals surface area contributed by atoms with E-state index in [0.29, 0.717) is 11.8 Å². The molecule has 2 nitrogen and oxygen atoms in total. The van der Waals surface area contributed by atoms with Crippen LogP contribution in [0.2, 0.25) is 0 Å². The second-order valence-electron chi connectivity index (χ2n) is 12.2. The zero-order chi connectivity index (χ0) is 28.9. The molecule has 8 rings (SSSR count). The smallest absolute Gasteiger partial charge is 0.0541 e. The largest absolute Gasteiger partial charge is 0.310 e. The van der Waals surface area contributed by atoms with Gasteiger partial charge in [0.2, 0.25) is 0 Å². The first-order valence-electron chi connectivity index (χ1n) is 15.7. The minimum Gasteiger partial charge on any atom is -0.310 e.